The van der Waals surface area contributed by atoms with E-state index in [0.717, 1.165) is 0 Å². The van der Waals surface area contributed by atoms with Gasteiger partial charge in [-0.2, -0.15) is 5.10 Å². The molecule has 1 heterocycles. The minimum Gasteiger partial charge on any atom is -0.480 e. The molecule has 0 fully saturated rings. The van der Waals surface area contributed by atoms with Crippen molar-refractivity contribution < 1.29 is 28.3 Å². The molecule has 0 unspecified atom stereocenters. The molecule has 3 rings (SSSR count). The van der Waals surface area contributed by atoms with Gasteiger partial charge >= 0.3 is 5.97 Å². The first-order valence-corrected chi connectivity index (χ1v) is 10.6. The second-order valence-electron chi connectivity index (χ2n) is 9.11. The first kappa shape index (κ1) is 24.8. The molecule has 3 N–H and O–H groups in total. The molecule has 2 amide bonds. The number of benzene rings is 2. The number of nitrogens with zero attached hydrogens (tertiary/aromatic N) is 2. The molecule has 8 nitrogen and oxygen atoms in total. The predicted molar refractivity (Wildman–Crippen MR) is 121 cm³/mol. The molecular formula is C24H26F2N4O4. The lowest BCUT2D eigenvalue weighted by Crippen LogP contribution is -2.56. The van der Waals surface area contributed by atoms with E-state index in [1.54, 1.807) is 26.8 Å². The first-order valence-electron chi connectivity index (χ1n) is 10.6. The second kappa shape index (κ2) is 9.58. The number of fused-ring (bicyclic) bond motifs is 1. The van der Waals surface area contributed by atoms with Crippen LogP contribution in [0.1, 0.15) is 43.7 Å². The van der Waals surface area contributed by atoms with Gasteiger partial charge in [0.25, 0.3) is 5.91 Å². The monoisotopic (exact) mass is 472 g/mol. The normalized spacial score (nSPS) is 13.4. The van der Waals surface area contributed by atoms with Crippen molar-refractivity contribution in [2.45, 2.75) is 46.3 Å². The predicted octanol–water partition coefficient (Wildman–Crippen LogP) is 3.10. The summed E-state index contributed by atoms with van der Waals surface area (Å²) in [6.45, 7) is 6.55. The molecule has 1 aromatic heterocycles. The van der Waals surface area contributed by atoms with Crippen molar-refractivity contribution in [1.82, 2.24) is 20.4 Å². The Morgan fingerprint density at radius 1 is 1.06 bits per heavy atom. The van der Waals surface area contributed by atoms with Gasteiger partial charge in [0.05, 0.1) is 6.54 Å². The van der Waals surface area contributed by atoms with E-state index in [1.165, 1.54) is 48.0 Å². The number of hydrogen-bond acceptors (Lipinski definition) is 4. The molecule has 180 valence electrons. The molecule has 0 radical (unpaired) electrons. The quantitative estimate of drug-likeness (QED) is 0.489. The third-order valence-electron chi connectivity index (χ3n) is 5.31. The lowest BCUT2D eigenvalue weighted by atomic mass is 9.85. The summed E-state index contributed by atoms with van der Waals surface area (Å²) in [5.41, 5.74) is -0.121. The van der Waals surface area contributed by atoms with E-state index in [1.807, 2.05) is 0 Å². The standard InChI is InChI=1S/C24H26F2N4O4/c1-13(23(33)34)27-22(32)20(24(2,3)4)28-21(31)18-16-6-5-7-17(26)19(16)30(29-18)12-14-8-10-15(25)11-9-14/h5-11,13,20H,12H2,1-4H3,(H,27,32)(H,28,31)(H,33,34)/t13-,20+/m1/s1. The Labute approximate surface area is 195 Å². The zero-order valence-corrected chi connectivity index (χ0v) is 19.2. The number of aliphatic carboxylic acids is 1. The molecule has 0 saturated carbocycles. The number of carboxylic acids is 1. The Kier molecular flexibility index (Phi) is 6.99. The molecule has 0 saturated heterocycles. The van der Waals surface area contributed by atoms with Crippen LogP contribution >= 0.6 is 0 Å². The number of nitrogens with one attached hydrogen (secondary N) is 2. The third-order valence-corrected chi connectivity index (χ3v) is 5.31. The smallest absolute Gasteiger partial charge is 0.325 e. The lowest BCUT2D eigenvalue weighted by molar-refractivity contribution is -0.142. The second-order valence-corrected chi connectivity index (χ2v) is 9.11. The fourth-order valence-electron chi connectivity index (χ4n) is 3.47. The fraction of sp³-hybridized carbons (Fsp3) is 0.333. The topological polar surface area (TPSA) is 113 Å². The Bertz CT molecular complexity index is 1230. The third kappa shape index (κ3) is 5.38. The highest BCUT2D eigenvalue weighted by Gasteiger charge is 2.35. The van der Waals surface area contributed by atoms with Gasteiger partial charge in [-0.25, -0.2) is 8.78 Å². The van der Waals surface area contributed by atoms with Crippen LogP contribution in [0, 0.1) is 17.0 Å². The van der Waals surface area contributed by atoms with E-state index in [2.05, 4.69) is 15.7 Å². The Hall–Kier alpha value is -3.82. The summed E-state index contributed by atoms with van der Waals surface area (Å²) < 4.78 is 29.3. The number of rotatable bonds is 7. The minimum absolute atomic E-state index is 0.0876. The van der Waals surface area contributed by atoms with Gasteiger partial charge in [-0.1, -0.05) is 45.0 Å². The van der Waals surface area contributed by atoms with Gasteiger partial charge in [-0.15, -0.1) is 0 Å². The largest absolute Gasteiger partial charge is 0.480 e. The number of halogens is 2. The van der Waals surface area contributed by atoms with Gasteiger partial charge in [-0.05, 0) is 36.1 Å². The average molecular weight is 472 g/mol. The van der Waals surface area contributed by atoms with Crippen LogP contribution in [0.3, 0.4) is 0 Å². The zero-order valence-electron chi connectivity index (χ0n) is 19.2. The molecule has 0 spiro atoms. The highest BCUT2D eigenvalue weighted by molar-refractivity contribution is 6.06. The fourth-order valence-corrected chi connectivity index (χ4v) is 3.47. The van der Waals surface area contributed by atoms with E-state index < -0.39 is 46.9 Å². The number of carbonyl (C=O) groups is 3. The van der Waals surface area contributed by atoms with E-state index in [-0.39, 0.29) is 23.1 Å². The van der Waals surface area contributed by atoms with Crippen molar-refractivity contribution in [2.75, 3.05) is 0 Å². The number of aromatic nitrogens is 2. The van der Waals surface area contributed by atoms with Crippen LogP contribution in [0.4, 0.5) is 8.78 Å². The number of carboxylic acid groups (broad SMARTS) is 1. The lowest BCUT2D eigenvalue weighted by Gasteiger charge is -2.30. The molecule has 0 aliphatic heterocycles. The molecular weight excluding hydrogens is 446 g/mol. The maximum absolute atomic E-state index is 14.7. The van der Waals surface area contributed by atoms with Crippen molar-refractivity contribution in [3.63, 3.8) is 0 Å². The van der Waals surface area contributed by atoms with Crippen molar-refractivity contribution in [3.05, 3.63) is 65.4 Å². The zero-order chi connectivity index (χ0) is 25.2. The van der Waals surface area contributed by atoms with Gasteiger partial charge < -0.3 is 15.7 Å². The van der Waals surface area contributed by atoms with Gasteiger partial charge in [0.1, 0.15) is 29.2 Å². The summed E-state index contributed by atoms with van der Waals surface area (Å²) in [6.07, 6.45) is 0. The van der Waals surface area contributed by atoms with Crippen LogP contribution in [0.2, 0.25) is 0 Å². The van der Waals surface area contributed by atoms with Gasteiger partial charge in [0.2, 0.25) is 5.91 Å². The molecule has 0 bridgehead atoms. The Balaban J connectivity index is 1.96. The summed E-state index contributed by atoms with van der Waals surface area (Å²) >= 11 is 0. The van der Waals surface area contributed by atoms with Crippen molar-refractivity contribution in [3.8, 4) is 0 Å². The van der Waals surface area contributed by atoms with Gasteiger partial charge in [0.15, 0.2) is 5.69 Å². The number of hydrogen-bond donors (Lipinski definition) is 3. The van der Waals surface area contributed by atoms with Crippen LogP contribution in [-0.4, -0.2) is 44.8 Å². The van der Waals surface area contributed by atoms with E-state index in [9.17, 15) is 23.2 Å². The van der Waals surface area contributed by atoms with E-state index in [0.29, 0.717) is 5.56 Å². The van der Waals surface area contributed by atoms with E-state index >= 15 is 0 Å². The summed E-state index contributed by atoms with van der Waals surface area (Å²) in [7, 11) is 0. The molecule has 0 aliphatic rings. The van der Waals surface area contributed by atoms with Crippen molar-refractivity contribution >= 4 is 28.7 Å². The number of carbonyl (C=O) groups excluding carboxylic acids is 2. The average Bonchev–Trinajstić information content (AvgIpc) is 3.12. The maximum atomic E-state index is 14.7. The first-order chi connectivity index (χ1) is 15.9. The van der Waals surface area contributed by atoms with Crippen LogP contribution < -0.4 is 10.6 Å². The van der Waals surface area contributed by atoms with Crippen molar-refractivity contribution in [1.29, 1.82) is 0 Å². The molecule has 34 heavy (non-hydrogen) atoms. The molecule has 2 atom stereocenters. The van der Waals surface area contributed by atoms with E-state index in [4.69, 9.17) is 5.11 Å². The van der Waals surface area contributed by atoms with Crippen LogP contribution in [0.25, 0.3) is 10.9 Å². The van der Waals surface area contributed by atoms with Gasteiger partial charge in [-0.3, -0.25) is 19.1 Å². The summed E-state index contributed by atoms with van der Waals surface area (Å²) in [6, 6.07) is 7.60. The highest BCUT2D eigenvalue weighted by Crippen LogP contribution is 2.25. The summed E-state index contributed by atoms with van der Waals surface area (Å²) in [4.78, 5) is 37.1. The maximum Gasteiger partial charge on any atom is 0.325 e. The molecule has 10 heteroatoms. The molecule has 2 aromatic carbocycles. The summed E-state index contributed by atoms with van der Waals surface area (Å²) in [5.74, 6) is -3.60. The summed E-state index contributed by atoms with van der Waals surface area (Å²) in [5, 5.41) is 18.6. The van der Waals surface area contributed by atoms with Crippen molar-refractivity contribution in [2.24, 2.45) is 5.41 Å². The van der Waals surface area contributed by atoms with Crippen LogP contribution in [0.5, 0.6) is 0 Å². The SMILES string of the molecule is C[C@@H](NC(=O)[C@H](NC(=O)c1nn(Cc2ccc(F)cc2)c2c(F)cccc12)C(C)(C)C)C(=O)O. The number of para-hydroxylation sites is 1. The molecule has 3 aromatic rings. The van der Waals surface area contributed by atoms with Gasteiger partial charge in [0, 0.05) is 5.39 Å². The van der Waals surface area contributed by atoms with Crippen LogP contribution in [0.15, 0.2) is 42.5 Å². The highest BCUT2D eigenvalue weighted by atomic mass is 19.1. The van der Waals surface area contributed by atoms with Crippen LogP contribution in [-0.2, 0) is 16.1 Å². The minimum atomic E-state index is -1.21. The Morgan fingerprint density at radius 3 is 2.29 bits per heavy atom. The number of amides is 2. The Morgan fingerprint density at radius 2 is 1.71 bits per heavy atom. The molecule has 0 aliphatic carbocycles.